The van der Waals surface area contributed by atoms with E-state index in [1.165, 1.54) is 38.5 Å². The van der Waals surface area contributed by atoms with E-state index in [2.05, 4.69) is 27.5 Å². The van der Waals surface area contributed by atoms with Crippen molar-refractivity contribution in [1.29, 1.82) is 0 Å². The van der Waals surface area contributed by atoms with E-state index in [9.17, 15) is 0 Å². The molecule has 1 heterocycles. The molecule has 3 N–H and O–H groups in total. The topological polar surface area (TPSA) is 68.2 Å². The summed E-state index contributed by atoms with van der Waals surface area (Å²) in [6, 6.07) is 10.6. The van der Waals surface area contributed by atoms with E-state index in [0.29, 0.717) is 18.5 Å². The molecule has 0 aliphatic heterocycles. The van der Waals surface area contributed by atoms with Crippen LogP contribution in [0.25, 0.3) is 5.69 Å². The Morgan fingerprint density at radius 1 is 1.21 bits per heavy atom. The molecule has 1 aromatic heterocycles. The van der Waals surface area contributed by atoms with Crippen molar-refractivity contribution in [2.45, 2.75) is 51.1 Å². The Balaban J connectivity index is 0.00000208. The van der Waals surface area contributed by atoms with Crippen molar-refractivity contribution in [3.05, 3.63) is 48.3 Å². The first-order chi connectivity index (χ1) is 11.3. The van der Waals surface area contributed by atoms with E-state index in [1.54, 1.807) is 6.20 Å². The predicted molar refractivity (Wildman–Crippen MR) is 109 cm³/mol. The fourth-order valence-corrected chi connectivity index (χ4v) is 3.07. The third-order valence-electron chi connectivity index (χ3n) is 4.32. The minimum absolute atomic E-state index is 0. The molecule has 0 amide bonds. The maximum atomic E-state index is 6.06. The van der Waals surface area contributed by atoms with E-state index >= 15 is 0 Å². The second-order valence-corrected chi connectivity index (χ2v) is 6.15. The van der Waals surface area contributed by atoms with Gasteiger partial charge < -0.3 is 11.1 Å². The van der Waals surface area contributed by atoms with Crippen LogP contribution in [0.5, 0.6) is 0 Å². The highest BCUT2D eigenvalue weighted by molar-refractivity contribution is 14.0. The highest BCUT2D eigenvalue weighted by Crippen LogP contribution is 2.17. The molecule has 6 heteroatoms. The van der Waals surface area contributed by atoms with Gasteiger partial charge in [-0.25, -0.2) is 9.67 Å². The first-order valence-corrected chi connectivity index (χ1v) is 8.47. The molecule has 0 bridgehead atoms. The lowest BCUT2D eigenvalue weighted by molar-refractivity contribution is 0.530. The Morgan fingerprint density at radius 3 is 2.71 bits per heavy atom. The van der Waals surface area contributed by atoms with Gasteiger partial charge in [0.1, 0.15) is 0 Å². The molecule has 0 spiro atoms. The Hall–Kier alpha value is -1.57. The Bertz CT molecular complexity index is 631. The van der Waals surface area contributed by atoms with Gasteiger partial charge in [-0.3, -0.25) is 0 Å². The Labute approximate surface area is 160 Å². The van der Waals surface area contributed by atoms with Crippen molar-refractivity contribution in [1.82, 2.24) is 15.1 Å². The van der Waals surface area contributed by atoms with Crippen LogP contribution in [0.2, 0.25) is 0 Å². The van der Waals surface area contributed by atoms with Crippen LogP contribution in [0.4, 0.5) is 0 Å². The van der Waals surface area contributed by atoms with Crippen LogP contribution in [0, 0.1) is 0 Å². The van der Waals surface area contributed by atoms with E-state index in [1.807, 2.05) is 29.1 Å². The number of hydrogen-bond donors (Lipinski definition) is 2. The van der Waals surface area contributed by atoms with Gasteiger partial charge in [-0.05, 0) is 36.6 Å². The van der Waals surface area contributed by atoms with Gasteiger partial charge in [0, 0.05) is 18.4 Å². The molecule has 1 aromatic carbocycles. The number of aromatic nitrogens is 2. The molecule has 5 nitrogen and oxygen atoms in total. The first-order valence-electron chi connectivity index (χ1n) is 8.47. The monoisotopic (exact) mass is 439 g/mol. The molecule has 0 atom stereocenters. The first kappa shape index (κ1) is 18.8. The third-order valence-corrected chi connectivity index (χ3v) is 4.32. The normalized spacial score (nSPS) is 16.2. The summed E-state index contributed by atoms with van der Waals surface area (Å²) in [5.41, 5.74) is 8.23. The van der Waals surface area contributed by atoms with Crippen LogP contribution in [0.1, 0.15) is 44.1 Å². The average Bonchev–Trinajstić information content (AvgIpc) is 2.99. The third kappa shape index (κ3) is 5.51. The molecule has 3 rings (SSSR count). The summed E-state index contributed by atoms with van der Waals surface area (Å²) in [5.74, 6) is 0.557. The lowest BCUT2D eigenvalue weighted by Crippen LogP contribution is -2.39. The molecule has 2 aromatic rings. The average molecular weight is 439 g/mol. The molecule has 24 heavy (non-hydrogen) atoms. The van der Waals surface area contributed by atoms with Crippen molar-refractivity contribution in [2.75, 3.05) is 0 Å². The lowest BCUT2D eigenvalue weighted by Gasteiger charge is -2.16. The van der Waals surface area contributed by atoms with Crippen molar-refractivity contribution in [3.63, 3.8) is 0 Å². The fourth-order valence-electron chi connectivity index (χ4n) is 3.07. The zero-order valence-corrected chi connectivity index (χ0v) is 16.2. The molecule has 0 saturated heterocycles. The van der Waals surface area contributed by atoms with Crippen molar-refractivity contribution < 1.29 is 0 Å². The van der Waals surface area contributed by atoms with Gasteiger partial charge in [-0.15, -0.1) is 24.0 Å². The number of hydrogen-bond acceptors (Lipinski definition) is 2. The number of benzene rings is 1. The molecule has 1 saturated carbocycles. The summed E-state index contributed by atoms with van der Waals surface area (Å²) in [6.07, 6.45) is 11.4. The quantitative estimate of drug-likeness (QED) is 0.331. The van der Waals surface area contributed by atoms with E-state index in [4.69, 9.17) is 5.73 Å². The Morgan fingerprint density at radius 2 is 2.00 bits per heavy atom. The molecular formula is C18H26IN5. The van der Waals surface area contributed by atoms with Gasteiger partial charge in [0.2, 0.25) is 0 Å². The summed E-state index contributed by atoms with van der Waals surface area (Å²) in [5, 5.41) is 7.63. The molecule has 1 aliphatic rings. The number of rotatable bonds is 4. The van der Waals surface area contributed by atoms with E-state index in [0.717, 1.165) is 11.3 Å². The van der Waals surface area contributed by atoms with Gasteiger partial charge in [0.05, 0.1) is 12.2 Å². The second kappa shape index (κ2) is 9.66. The van der Waals surface area contributed by atoms with Crippen molar-refractivity contribution in [2.24, 2.45) is 10.7 Å². The second-order valence-electron chi connectivity index (χ2n) is 6.15. The zero-order chi connectivity index (χ0) is 15.9. The van der Waals surface area contributed by atoms with Crippen LogP contribution in [-0.4, -0.2) is 21.8 Å². The van der Waals surface area contributed by atoms with Gasteiger partial charge in [0.25, 0.3) is 0 Å². The fraction of sp³-hybridized carbons (Fsp3) is 0.444. The van der Waals surface area contributed by atoms with Crippen LogP contribution >= 0.6 is 24.0 Å². The number of nitrogens with one attached hydrogen (secondary N) is 1. The highest BCUT2D eigenvalue weighted by Gasteiger charge is 2.12. The lowest BCUT2D eigenvalue weighted by atomic mass is 10.1. The highest BCUT2D eigenvalue weighted by atomic mass is 127. The predicted octanol–water partition coefficient (Wildman–Crippen LogP) is 3.62. The van der Waals surface area contributed by atoms with Crippen molar-refractivity contribution in [3.8, 4) is 5.69 Å². The molecule has 130 valence electrons. The Kier molecular flexibility index (Phi) is 7.55. The van der Waals surface area contributed by atoms with Gasteiger partial charge in [0.15, 0.2) is 5.96 Å². The van der Waals surface area contributed by atoms with E-state index < -0.39 is 0 Å². The largest absolute Gasteiger partial charge is 0.370 e. The van der Waals surface area contributed by atoms with Crippen LogP contribution in [0.15, 0.2) is 47.7 Å². The molecule has 1 fully saturated rings. The smallest absolute Gasteiger partial charge is 0.189 e. The van der Waals surface area contributed by atoms with Gasteiger partial charge in [-0.1, -0.05) is 37.8 Å². The standard InChI is InChI=1S/C18H25N5.HI/c19-18(22-16-8-3-1-2-4-9-16)20-14-15-7-5-10-17(13-15)23-12-6-11-21-23;/h5-7,10-13,16H,1-4,8-9,14H2,(H3,19,20,22);1H. The summed E-state index contributed by atoms with van der Waals surface area (Å²) in [6.45, 7) is 0.584. The summed E-state index contributed by atoms with van der Waals surface area (Å²) in [7, 11) is 0. The maximum Gasteiger partial charge on any atom is 0.189 e. The zero-order valence-electron chi connectivity index (χ0n) is 13.9. The molecule has 0 unspecified atom stereocenters. The van der Waals surface area contributed by atoms with Gasteiger partial charge in [-0.2, -0.15) is 5.10 Å². The van der Waals surface area contributed by atoms with Gasteiger partial charge >= 0.3 is 0 Å². The SMILES string of the molecule is I.NC(=NCc1cccc(-n2cccn2)c1)NC1CCCCCC1. The van der Waals surface area contributed by atoms with Crippen LogP contribution < -0.4 is 11.1 Å². The summed E-state index contributed by atoms with van der Waals surface area (Å²) in [4.78, 5) is 4.50. The number of nitrogens with zero attached hydrogens (tertiary/aromatic N) is 3. The van der Waals surface area contributed by atoms with Crippen molar-refractivity contribution >= 4 is 29.9 Å². The van der Waals surface area contributed by atoms with E-state index in [-0.39, 0.29) is 24.0 Å². The minimum Gasteiger partial charge on any atom is -0.370 e. The molecule has 1 aliphatic carbocycles. The molecular weight excluding hydrogens is 413 g/mol. The summed E-state index contributed by atoms with van der Waals surface area (Å²) >= 11 is 0. The maximum absolute atomic E-state index is 6.06. The number of aliphatic imine (C=N–C) groups is 1. The summed E-state index contributed by atoms with van der Waals surface area (Å²) < 4.78 is 1.85. The number of halogens is 1. The van der Waals surface area contributed by atoms with Crippen LogP contribution in [0.3, 0.4) is 0 Å². The molecule has 0 radical (unpaired) electrons. The number of nitrogens with two attached hydrogens (primary N) is 1. The minimum atomic E-state index is 0. The van der Waals surface area contributed by atoms with Crippen LogP contribution in [-0.2, 0) is 6.54 Å². The number of guanidine groups is 1.